The quantitative estimate of drug-likeness (QED) is 0.816. The Labute approximate surface area is 143 Å². The van der Waals surface area contributed by atoms with Gasteiger partial charge in [-0.05, 0) is 42.2 Å². The summed E-state index contributed by atoms with van der Waals surface area (Å²) in [6.45, 7) is 0. The topological polar surface area (TPSA) is 66.4 Å². The highest BCUT2D eigenvalue weighted by Gasteiger charge is 2.62. The normalized spacial score (nSPS) is 36.4. The highest BCUT2D eigenvalue weighted by atomic mass is 35.5. The fourth-order valence-electron chi connectivity index (χ4n) is 4.39. The number of carboxylic acids is 1. The predicted molar refractivity (Wildman–Crippen MR) is 87.4 cm³/mol. The highest BCUT2D eigenvalue weighted by Crippen LogP contribution is 2.63. The Hall–Kier alpha value is -1.52. The Morgan fingerprint density at radius 3 is 2.39 bits per heavy atom. The van der Waals surface area contributed by atoms with Crippen molar-refractivity contribution in [3.63, 3.8) is 0 Å². The van der Waals surface area contributed by atoms with Gasteiger partial charge in [0.15, 0.2) is 0 Å². The summed E-state index contributed by atoms with van der Waals surface area (Å²) in [6, 6.07) is 5.00. The second-order valence-corrected chi connectivity index (χ2v) is 7.37. The fraction of sp³-hybridized carbons (Fsp3) is 0.412. The van der Waals surface area contributed by atoms with Crippen molar-refractivity contribution in [2.45, 2.75) is 6.42 Å². The van der Waals surface area contributed by atoms with Gasteiger partial charge in [-0.15, -0.1) is 0 Å². The van der Waals surface area contributed by atoms with Crippen molar-refractivity contribution in [3.05, 3.63) is 40.4 Å². The van der Waals surface area contributed by atoms with E-state index in [2.05, 4.69) is 5.32 Å². The number of carbonyl (C=O) groups excluding carboxylic acids is 1. The summed E-state index contributed by atoms with van der Waals surface area (Å²) in [6.07, 6.45) is 5.05. The van der Waals surface area contributed by atoms with Crippen molar-refractivity contribution in [1.82, 2.24) is 0 Å². The molecule has 0 heterocycles. The Morgan fingerprint density at radius 1 is 1.09 bits per heavy atom. The summed E-state index contributed by atoms with van der Waals surface area (Å²) in [4.78, 5) is 24.5. The first-order valence-corrected chi connectivity index (χ1v) is 8.40. The Kier molecular flexibility index (Phi) is 3.43. The number of halogens is 2. The first-order valence-electron chi connectivity index (χ1n) is 7.65. The van der Waals surface area contributed by atoms with E-state index in [9.17, 15) is 14.7 Å². The second kappa shape index (κ2) is 5.25. The van der Waals surface area contributed by atoms with E-state index in [0.29, 0.717) is 22.5 Å². The van der Waals surface area contributed by atoms with E-state index in [1.807, 2.05) is 12.2 Å². The van der Waals surface area contributed by atoms with Crippen molar-refractivity contribution >= 4 is 40.8 Å². The highest BCUT2D eigenvalue weighted by molar-refractivity contribution is 6.44. The molecule has 120 valence electrons. The first kappa shape index (κ1) is 15.0. The molecule has 5 rings (SSSR count). The number of hydrogen-bond acceptors (Lipinski definition) is 2. The number of benzene rings is 1. The largest absolute Gasteiger partial charge is 0.481 e. The molecule has 0 spiro atoms. The number of allylic oxidation sites excluding steroid dienone is 2. The molecule has 2 N–H and O–H groups in total. The van der Waals surface area contributed by atoms with Crippen molar-refractivity contribution in [1.29, 1.82) is 0 Å². The molecule has 6 heteroatoms. The Balaban J connectivity index is 1.63. The van der Waals surface area contributed by atoms with Gasteiger partial charge in [0.1, 0.15) is 0 Å². The van der Waals surface area contributed by atoms with Crippen LogP contribution in [0.5, 0.6) is 0 Å². The van der Waals surface area contributed by atoms with Crippen LogP contribution in [0.1, 0.15) is 6.42 Å². The summed E-state index contributed by atoms with van der Waals surface area (Å²) < 4.78 is 0. The van der Waals surface area contributed by atoms with Crippen LogP contribution in [0.2, 0.25) is 10.0 Å². The summed E-state index contributed by atoms with van der Waals surface area (Å²) in [7, 11) is 0. The molecule has 0 aromatic heterocycles. The minimum absolute atomic E-state index is 0.00376. The molecule has 0 saturated heterocycles. The second-order valence-electron chi connectivity index (χ2n) is 6.58. The molecule has 0 radical (unpaired) electrons. The van der Waals surface area contributed by atoms with Crippen molar-refractivity contribution < 1.29 is 14.7 Å². The molecule has 6 unspecified atom stereocenters. The maximum Gasteiger partial charge on any atom is 0.307 e. The van der Waals surface area contributed by atoms with Gasteiger partial charge in [0.05, 0.1) is 27.6 Å². The molecule has 4 aliphatic rings. The van der Waals surface area contributed by atoms with E-state index < -0.39 is 17.8 Å². The smallest absolute Gasteiger partial charge is 0.307 e. The van der Waals surface area contributed by atoms with Crippen molar-refractivity contribution in [3.8, 4) is 0 Å². The van der Waals surface area contributed by atoms with E-state index in [0.717, 1.165) is 6.42 Å². The summed E-state index contributed by atoms with van der Waals surface area (Å²) in [5.41, 5.74) is 0.422. The van der Waals surface area contributed by atoms with Crippen molar-refractivity contribution in [2.24, 2.45) is 35.5 Å². The van der Waals surface area contributed by atoms with Crippen LogP contribution in [0.25, 0.3) is 0 Å². The number of carboxylic acid groups (broad SMARTS) is 1. The van der Waals surface area contributed by atoms with Gasteiger partial charge in [-0.3, -0.25) is 9.59 Å². The number of fused-ring (bicyclic) bond motifs is 1. The summed E-state index contributed by atoms with van der Waals surface area (Å²) >= 11 is 12.1. The number of aliphatic carboxylic acids is 1. The molecule has 4 nitrogen and oxygen atoms in total. The van der Waals surface area contributed by atoms with Gasteiger partial charge in [0.25, 0.3) is 0 Å². The van der Waals surface area contributed by atoms with Crippen LogP contribution in [0.3, 0.4) is 0 Å². The lowest BCUT2D eigenvalue weighted by Gasteiger charge is -2.41. The zero-order valence-electron chi connectivity index (χ0n) is 12.1. The van der Waals surface area contributed by atoms with E-state index in [4.69, 9.17) is 23.2 Å². The Bertz CT molecular complexity index is 733. The number of carbonyl (C=O) groups is 2. The molecule has 2 fully saturated rings. The van der Waals surface area contributed by atoms with E-state index in [1.165, 1.54) is 0 Å². The summed E-state index contributed by atoms with van der Waals surface area (Å²) in [5.74, 6) is -1.54. The molecule has 1 aromatic carbocycles. The van der Waals surface area contributed by atoms with Gasteiger partial charge in [-0.1, -0.05) is 41.4 Å². The van der Waals surface area contributed by atoms with E-state index in [-0.39, 0.29) is 22.8 Å². The fourth-order valence-corrected chi connectivity index (χ4v) is 4.73. The minimum atomic E-state index is -0.896. The molecule has 6 atom stereocenters. The summed E-state index contributed by atoms with van der Waals surface area (Å²) in [5, 5.41) is 13.0. The van der Waals surface area contributed by atoms with Crippen LogP contribution in [-0.4, -0.2) is 17.0 Å². The number of anilines is 1. The molecule has 1 aromatic rings. The zero-order valence-corrected chi connectivity index (χ0v) is 13.6. The van der Waals surface area contributed by atoms with Gasteiger partial charge in [-0.2, -0.15) is 0 Å². The molecule has 4 aliphatic carbocycles. The predicted octanol–water partition coefficient (Wildman–Crippen LogP) is 3.70. The van der Waals surface area contributed by atoms with E-state index in [1.54, 1.807) is 18.2 Å². The lowest BCUT2D eigenvalue weighted by Crippen LogP contribution is -2.48. The standard InChI is InChI=1S/C17H15Cl2NO3/c18-11-2-1-3-12(15(11)19)20-16(21)13-7-4-5-8(10-6-9(7)10)14(13)17(22)23/h1-5,7-10,13-14H,6H2,(H,20,21)(H,22,23). The van der Waals surface area contributed by atoms with Crippen LogP contribution in [0.4, 0.5) is 5.69 Å². The molecule has 2 saturated carbocycles. The molecule has 23 heavy (non-hydrogen) atoms. The third-order valence-corrected chi connectivity index (χ3v) is 6.27. The maximum absolute atomic E-state index is 12.8. The first-order chi connectivity index (χ1) is 11.0. The molecular formula is C17H15Cl2NO3. The lowest BCUT2D eigenvalue weighted by molar-refractivity contribution is -0.152. The third-order valence-electron chi connectivity index (χ3n) is 5.45. The van der Waals surface area contributed by atoms with Crippen molar-refractivity contribution in [2.75, 3.05) is 5.32 Å². The van der Waals surface area contributed by atoms with Gasteiger partial charge in [-0.25, -0.2) is 0 Å². The average Bonchev–Trinajstić information content (AvgIpc) is 3.33. The van der Waals surface area contributed by atoms with Crippen LogP contribution >= 0.6 is 23.2 Å². The minimum Gasteiger partial charge on any atom is -0.481 e. The average molecular weight is 352 g/mol. The van der Waals surface area contributed by atoms with E-state index >= 15 is 0 Å². The van der Waals surface area contributed by atoms with Crippen LogP contribution in [0, 0.1) is 35.5 Å². The van der Waals surface area contributed by atoms with Crippen LogP contribution < -0.4 is 5.32 Å². The molecule has 0 aliphatic heterocycles. The van der Waals surface area contributed by atoms with Gasteiger partial charge < -0.3 is 10.4 Å². The molecule has 2 bridgehead atoms. The monoisotopic (exact) mass is 351 g/mol. The zero-order chi connectivity index (χ0) is 16.3. The van der Waals surface area contributed by atoms with Gasteiger partial charge in [0, 0.05) is 0 Å². The van der Waals surface area contributed by atoms with Gasteiger partial charge in [0.2, 0.25) is 5.91 Å². The number of rotatable bonds is 3. The SMILES string of the molecule is O=C(O)C1C2C=CC(C3CC23)C1C(=O)Nc1cccc(Cl)c1Cl. The molecule has 1 amide bonds. The number of nitrogens with one attached hydrogen (secondary N) is 1. The van der Waals surface area contributed by atoms with Crippen LogP contribution in [-0.2, 0) is 9.59 Å². The lowest BCUT2D eigenvalue weighted by atomic mass is 9.62. The third kappa shape index (κ3) is 2.27. The number of hydrogen-bond donors (Lipinski definition) is 2. The Morgan fingerprint density at radius 2 is 1.74 bits per heavy atom. The maximum atomic E-state index is 12.8. The van der Waals surface area contributed by atoms with Gasteiger partial charge >= 0.3 is 5.97 Å². The molecular weight excluding hydrogens is 337 g/mol. The van der Waals surface area contributed by atoms with Crippen LogP contribution in [0.15, 0.2) is 30.4 Å². The number of amides is 1.